The van der Waals surface area contributed by atoms with Crippen LogP contribution in [0.2, 0.25) is 0 Å². The molecule has 2 aromatic carbocycles. The minimum atomic E-state index is -2.89. The Bertz CT molecular complexity index is 769. The molecule has 0 fully saturated rings. The Hall–Kier alpha value is -3.22. The number of allylic oxidation sites excluding steroid dienone is 1. The molecular weight excluding hydrogens is 334 g/mol. The molecular formula is C18H13F2O5-. The number of aliphatic carboxylic acids is 1. The number of carboxylic acids is 1. The molecule has 25 heavy (non-hydrogen) atoms. The maximum absolute atomic E-state index is 12.1. The average Bonchev–Trinajstić information content (AvgIpc) is 2.59. The maximum atomic E-state index is 12.1. The van der Waals surface area contributed by atoms with Gasteiger partial charge in [0.05, 0.1) is 5.97 Å². The van der Waals surface area contributed by atoms with Gasteiger partial charge in [-0.25, -0.2) is 0 Å². The number of hydrogen-bond acceptors (Lipinski definition) is 5. The molecule has 0 radical (unpaired) electrons. The molecule has 0 saturated heterocycles. The molecule has 2 rings (SSSR count). The van der Waals surface area contributed by atoms with Crippen molar-refractivity contribution in [2.45, 2.75) is 6.61 Å². The van der Waals surface area contributed by atoms with Crippen LogP contribution in [0.15, 0.2) is 54.6 Å². The smallest absolute Gasteiger partial charge is 0.387 e. The predicted octanol–water partition coefficient (Wildman–Crippen LogP) is 2.31. The largest absolute Gasteiger partial charge is 0.546 e. The first-order valence-electron chi connectivity index (χ1n) is 7.14. The Morgan fingerprint density at radius 1 is 1.08 bits per heavy atom. The van der Waals surface area contributed by atoms with E-state index in [-0.39, 0.29) is 17.3 Å². The molecule has 5 nitrogen and oxygen atoms in total. The van der Waals surface area contributed by atoms with E-state index in [9.17, 15) is 23.5 Å². The van der Waals surface area contributed by atoms with Crippen molar-refractivity contribution >= 4 is 17.8 Å². The second-order valence-electron chi connectivity index (χ2n) is 4.83. The highest BCUT2D eigenvalue weighted by molar-refractivity contribution is 6.07. The molecule has 0 aromatic heterocycles. The van der Waals surface area contributed by atoms with Crippen molar-refractivity contribution in [3.8, 4) is 11.5 Å². The van der Waals surface area contributed by atoms with Crippen molar-refractivity contribution < 1.29 is 33.0 Å². The molecule has 0 heterocycles. The van der Waals surface area contributed by atoms with Crippen molar-refractivity contribution in [2.24, 2.45) is 0 Å². The molecule has 0 unspecified atom stereocenters. The number of ketones is 1. The molecule has 0 saturated carbocycles. The molecule has 7 heteroatoms. The highest BCUT2D eigenvalue weighted by Gasteiger charge is 2.05. The number of halogens is 2. The van der Waals surface area contributed by atoms with Crippen LogP contribution < -0.4 is 14.6 Å². The van der Waals surface area contributed by atoms with Crippen molar-refractivity contribution in [3.05, 3.63) is 65.7 Å². The van der Waals surface area contributed by atoms with Gasteiger partial charge in [0.25, 0.3) is 0 Å². The fourth-order valence-corrected chi connectivity index (χ4v) is 1.91. The summed E-state index contributed by atoms with van der Waals surface area (Å²) in [4.78, 5) is 22.5. The summed E-state index contributed by atoms with van der Waals surface area (Å²) in [5.41, 5.74) is 0.934. The minimum Gasteiger partial charge on any atom is -0.546 e. The van der Waals surface area contributed by atoms with E-state index in [1.807, 2.05) is 0 Å². The third kappa shape index (κ3) is 6.06. The van der Waals surface area contributed by atoms with Crippen LogP contribution in [0.1, 0.15) is 15.9 Å². The SMILES string of the molecule is O=C([O-])COc1cccc(C(=O)/C=C/c2ccc(OC(F)F)cc2)c1. The zero-order valence-electron chi connectivity index (χ0n) is 12.9. The number of alkyl halides is 2. The summed E-state index contributed by atoms with van der Waals surface area (Å²) in [5, 5.41) is 10.4. The number of ether oxygens (including phenoxy) is 2. The first-order valence-corrected chi connectivity index (χ1v) is 7.14. The molecule has 0 spiro atoms. The first kappa shape index (κ1) is 18.1. The van der Waals surface area contributed by atoms with Crippen molar-refractivity contribution in [2.75, 3.05) is 6.61 Å². The average molecular weight is 347 g/mol. The van der Waals surface area contributed by atoms with Gasteiger partial charge in [-0.15, -0.1) is 0 Å². The highest BCUT2D eigenvalue weighted by atomic mass is 19.3. The zero-order valence-corrected chi connectivity index (χ0v) is 12.9. The van der Waals surface area contributed by atoms with Gasteiger partial charge in [0.15, 0.2) is 5.78 Å². The maximum Gasteiger partial charge on any atom is 0.387 e. The van der Waals surface area contributed by atoms with Gasteiger partial charge in [-0.2, -0.15) is 8.78 Å². The Morgan fingerprint density at radius 3 is 2.44 bits per heavy atom. The number of benzene rings is 2. The second-order valence-corrected chi connectivity index (χ2v) is 4.83. The summed E-state index contributed by atoms with van der Waals surface area (Å²) in [6.45, 7) is -3.50. The van der Waals surface area contributed by atoms with Gasteiger partial charge < -0.3 is 19.4 Å². The summed E-state index contributed by atoms with van der Waals surface area (Å²) in [6.07, 6.45) is 2.82. The van der Waals surface area contributed by atoms with Gasteiger partial charge in [-0.1, -0.05) is 30.3 Å². The number of carboxylic acid groups (broad SMARTS) is 1. The third-order valence-corrected chi connectivity index (χ3v) is 3.01. The Kier molecular flexibility index (Phi) is 6.22. The number of carbonyl (C=O) groups is 2. The van der Waals surface area contributed by atoms with Crippen molar-refractivity contribution in [3.63, 3.8) is 0 Å². The van der Waals surface area contributed by atoms with E-state index >= 15 is 0 Å². The van der Waals surface area contributed by atoms with Crippen LogP contribution in [0.4, 0.5) is 8.78 Å². The molecule has 0 bridgehead atoms. The van der Waals surface area contributed by atoms with Crippen LogP contribution in [0.5, 0.6) is 11.5 Å². The molecule has 0 N–H and O–H groups in total. The summed E-state index contributed by atoms with van der Waals surface area (Å²) in [6, 6.07) is 11.8. The topological polar surface area (TPSA) is 75.7 Å². The normalized spacial score (nSPS) is 10.8. The fourth-order valence-electron chi connectivity index (χ4n) is 1.91. The molecule has 0 aliphatic carbocycles. The van der Waals surface area contributed by atoms with Gasteiger partial charge in [0.1, 0.15) is 18.1 Å². The first-order chi connectivity index (χ1) is 11.9. The summed E-state index contributed by atoms with van der Waals surface area (Å²) in [7, 11) is 0. The number of rotatable bonds is 8. The lowest BCUT2D eigenvalue weighted by atomic mass is 10.1. The number of carbonyl (C=O) groups excluding carboxylic acids is 2. The lowest BCUT2D eigenvalue weighted by molar-refractivity contribution is -0.307. The standard InChI is InChI=1S/C18H14F2O5/c19-18(20)25-14-7-4-12(5-8-14)6-9-16(21)13-2-1-3-15(10-13)24-11-17(22)23/h1-10,18H,11H2,(H,22,23)/p-1/b9-6+. The Balaban J connectivity index is 2.02. The Labute approximate surface area is 142 Å². The summed E-state index contributed by atoms with van der Waals surface area (Å²) < 4.78 is 33.3. The van der Waals surface area contributed by atoms with Crippen molar-refractivity contribution in [1.82, 2.24) is 0 Å². The fraction of sp³-hybridized carbons (Fsp3) is 0.111. The quantitative estimate of drug-likeness (QED) is 0.541. The van der Waals surface area contributed by atoms with Gasteiger partial charge in [-0.3, -0.25) is 4.79 Å². The van der Waals surface area contributed by atoms with Crippen LogP contribution in [0.25, 0.3) is 6.08 Å². The third-order valence-electron chi connectivity index (χ3n) is 3.01. The molecule has 130 valence electrons. The number of hydrogen-bond donors (Lipinski definition) is 0. The van der Waals surface area contributed by atoms with Crippen LogP contribution in [0.3, 0.4) is 0 Å². The highest BCUT2D eigenvalue weighted by Crippen LogP contribution is 2.17. The molecule has 0 aliphatic heterocycles. The molecule has 0 amide bonds. The second kappa shape index (κ2) is 8.58. The van der Waals surface area contributed by atoms with E-state index in [0.29, 0.717) is 11.1 Å². The van der Waals surface area contributed by atoms with Crippen LogP contribution in [0, 0.1) is 0 Å². The van der Waals surface area contributed by atoms with Crippen LogP contribution >= 0.6 is 0 Å². The molecule has 0 atom stereocenters. The van der Waals surface area contributed by atoms with Crippen LogP contribution in [-0.2, 0) is 4.79 Å². The minimum absolute atomic E-state index is 0.0243. The van der Waals surface area contributed by atoms with E-state index in [4.69, 9.17) is 4.74 Å². The van der Waals surface area contributed by atoms with E-state index < -0.39 is 19.2 Å². The molecule has 0 aliphatic rings. The van der Waals surface area contributed by atoms with E-state index in [1.165, 1.54) is 48.6 Å². The van der Waals surface area contributed by atoms with E-state index in [2.05, 4.69) is 4.74 Å². The monoisotopic (exact) mass is 347 g/mol. The van der Waals surface area contributed by atoms with Gasteiger partial charge in [-0.05, 0) is 35.9 Å². The van der Waals surface area contributed by atoms with E-state index in [0.717, 1.165) is 0 Å². The van der Waals surface area contributed by atoms with Crippen molar-refractivity contribution in [1.29, 1.82) is 0 Å². The Morgan fingerprint density at radius 2 is 1.80 bits per heavy atom. The molecule has 2 aromatic rings. The van der Waals surface area contributed by atoms with Crippen LogP contribution in [-0.4, -0.2) is 25.0 Å². The van der Waals surface area contributed by atoms with Gasteiger partial charge >= 0.3 is 6.61 Å². The predicted molar refractivity (Wildman–Crippen MR) is 83.4 cm³/mol. The lowest BCUT2D eigenvalue weighted by Gasteiger charge is -2.07. The zero-order chi connectivity index (χ0) is 18.2. The van der Waals surface area contributed by atoms with Gasteiger partial charge in [0.2, 0.25) is 0 Å². The van der Waals surface area contributed by atoms with Gasteiger partial charge in [0, 0.05) is 5.56 Å². The summed E-state index contributed by atoms with van der Waals surface area (Å²) in [5.74, 6) is -1.43. The van der Waals surface area contributed by atoms with E-state index in [1.54, 1.807) is 12.1 Å². The summed E-state index contributed by atoms with van der Waals surface area (Å²) >= 11 is 0. The lowest BCUT2D eigenvalue weighted by Crippen LogP contribution is -2.28.